The summed E-state index contributed by atoms with van der Waals surface area (Å²) in [7, 11) is 0. The fourth-order valence-corrected chi connectivity index (χ4v) is 5.01. The maximum atomic E-state index is 12.9. The maximum Gasteiger partial charge on any atom is 0.226 e. The molecule has 1 aromatic rings. The van der Waals surface area contributed by atoms with Gasteiger partial charge in [-0.25, -0.2) is 0 Å². The van der Waals surface area contributed by atoms with E-state index in [1.54, 1.807) is 0 Å². The lowest BCUT2D eigenvalue weighted by atomic mass is 9.58. The first-order valence-corrected chi connectivity index (χ1v) is 9.71. The van der Waals surface area contributed by atoms with Gasteiger partial charge in [0.25, 0.3) is 0 Å². The van der Waals surface area contributed by atoms with Crippen molar-refractivity contribution in [1.82, 2.24) is 4.90 Å². The van der Waals surface area contributed by atoms with Crippen LogP contribution in [0.4, 0.5) is 0 Å². The highest BCUT2D eigenvalue weighted by Gasteiger charge is 2.57. The highest BCUT2D eigenvalue weighted by Crippen LogP contribution is 2.53. The molecule has 1 saturated heterocycles. The van der Waals surface area contributed by atoms with Crippen LogP contribution in [0.3, 0.4) is 0 Å². The van der Waals surface area contributed by atoms with E-state index in [1.807, 2.05) is 11.8 Å². The van der Waals surface area contributed by atoms with Crippen LogP contribution in [0.5, 0.6) is 0 Å². The molecule has 136 valence electrons. The van der Waals surface area contributed by atoms with E-state index in [-0.39, 0.29) is 23.5 Å². The molecule has 4 atom stereocenters. The number of carbonyl (C=O) groups is 1. The minimum absolute atomic E-state index is 0.105. The SMILES string of the molecule is CCO[C@@H]1C[C@H](O)C12CCN(C(=O)[C@@H]1C[C@@H]1c1ccccc1C)CC2. The fraction of sp³-hybridized carbons (Fsp3) is 0.667. The zero-order valence-electron chi connectivity index (χ0n) is 15.3. The van der Waals surface area contributed by atoms with Crippen LogP contribution in [0.15, 0.2) is 24.3 Å². The molecule has 0 unspecified atom stereocenters. The van der Waals surface area contributed by atoms with Crippen molar-refractivity contribution in [2.24, 2.45) is 11.3 Å². The van der Waals surface area contributed by atoms with Crippen LogP contribution in [0.2, 0.25) is 0 Å². The van der Waals surface area contributed by atoms with Crippen molar-refractivity contribution in [3.8, 4) is 0 Å². The average molecular weight is 343 g/mol. The van der Waals surface area contributed by atoms with Crippen molar-refractivity contribution in [3.63, 3.8) is 0 Å². The van der Waals surface area contributed by atoms with Crippen LogP contribution in [-0.4, -0.2) is 47.8 Å². The number of hydrogen-bond donors (Lipinski definition) is 1. The Morgan fingerprint density at radius 2 is 2.00 bits per heavy atom. The highest BCUT2D eigenvalue weighted by atomic mass is 16.5. The van der Waals surface area contributed by atoms with Crippen molar-refractivity contribution < 1.29 is 14.6 Å². The minimum atomic E-state index is -0.262. The summed E-state index contributed by atoms with van der Waals surface area (Å²) in [5.74, 6) is 0.865. The molecule has 1 aliphatic heterocycles. The van der Waals surface area contributed by atoms with Crippen molar-refractivity contribution in [3.05, 3.63) is 35.4 Å². The molecule has 0 aromatic heterocycles. The molecule has 1 aromatic carbocycles. The second-order valence-electron chi connectivity index (χ2n) is 8.06. The zero-order valence-corrected chi connectivity index (χ0v) is 15.3. The number of nitrogens with zero attached hydrogens (tertiary/aromatic N) is 1. The van der Waals surface area contributed by atoms with Crippen molar-refractivity contribution in [2.45, 2.75) is 57.7 Å². The van der Waals surface area contributed by atoms with E-state index in [1.165, 1.54) is 11.1 Å². The molecule has 1 amide bonds. The molecule has 4 nitrogen and oxygen atoms in total. The quantitative estimate of drug-likeness (QED) is 0.914. The number of aryl methyl sites for hydroxylation is 1. The standard InChI is InChI=1S/C21H29NO3/c1-3-25-19-13-18(23)21(19)8-10-22(11-9-21)20(24)17-12-16(17)15-7-5-4-6-14(15)2/h4-7,16-19,23H,3,8-13H2,1-2H3/t16-,17-,18+,19-/m1/s1. The third-order valence-electron chi connectivity index (χ3n) is 6.81. The molecule has 2 aliphatic carbocycles. The second kappa shape index (κ2) is 6.40. The van der Waals surface area contributed by atoms with Gasteiger partial charge in [-0.2, -0.15) is 0 Å². The number of carbonyl (C=O) groups excluding carboxylic acids is 1. The van der Waals surface area contributed by atoms with Crippen molar-refractivity contribution in [2.75, 3.05) is 19.7 Å². The van der Waals surface area contributed by atoms with E-state index < -0.39 is 0 Å². The van der Waals surface area contributed by atoms with Gasteiger partial charge in [0.05, 0.1) is 12.2 Å². The van der Waals surface area contributed by atoms with Gasteiger partial charge in [-0.3, -0.25) is 4.79 Å². The van der Waals surface area contributed by atoms with Crippen LogP contribution in [-0.2, 0) is 9.53 Å². The van der Waals surface area contributed by atoms with Gasteiger partial charge in [0.1, 0.15) is 0 Å². The number of ether oxygens (including phenoxy) is 1. The molecule has 3 fully saturated rings. The Morgan fingerprint density at radius 3 is 2.64 bits per heavy atom. The Morgan fingerprint density at radius 1 is 1.28 bits per heavy atom. The fourth-order valence-electron chi connectivity index (χ4n) is 5.01. The van der Waals surface area contributed by atoms with E-state index in [0.717, 1.165) is 38.8 Å². The highest BCUT2D eigenvalue weighted by molar-refractivity contribution is 5.83. The summed E-state index contributed by atoms with van der Waals surface area (Å²) in [5.41, 5.74) is 2.52. The summed E-state index contributed by atoms with van der Waals surface area (Å²) in [6, 6.07) is 8.42. The molecular weight excluding hydrogens is 314 g/mol. The predicted octanol–water partition coefficient (Wildman–Crippen LogP) is 2.88. The van der Waals surface area contributed by atoms with Gasteiger partial charge >= 0.3 is 0 Å². The van der Waals surface area contributed by atoms with Crippen LogP contribution in [0.1, 0.15) is 49.7 Å². The molecule has 1 heterocycles. The average Bonchev–Trinajstić information content (AvgIpc) is 3.42. The molecule has 25 heavy (non-hydrogen) atoms. The van der Waals surface area contributed by atoms with E-state index in [2.05, 4.69) is 31.2 Å². The van der Waals surface area contributed by atoms with E-state index in [0.29, 0.717) is 18.4 Å². The number of amides is 1. The third kappa shape index (κ3) is 2.80. The van der Waals surface area contributed by atoms with Gasteiger partial charge in [-0.05, 0) is 50.2 Å². The Kier molecular flexibility index (Phi) is 4.37. The lowest BCUT2D eigenvalue weighted by molar-refractivity contribution is -0.210. The summed E-state index contributed by atoms with van der Waals surface area (Å²) >= 11 is 0. The van der Waals surface area contributed by atoms with Gasteiger partial charge in [0.15, 0.2) is 0 Å². The number of aliphatic hydroxyl groups is 1. The van der Waals surface area contributed by atoms with Crippen LogP contribution < -0.4 is 0 Å². The summed E-state index contributed by atoms with van der Waals surface area (Å²) in [6.45, 7) is 6.36. The van der Waals surface area contributed by atoms with Gasteiger partial charge in [0.2, 0.25) is 5.91 Å². The smallest absolute Gasteiger partial charge is 0.226 e. The van der Waals surface area contributed by atoms with Crippen molar-refractivity contribution in [1.29, 1.82) is 0 Å². The number of piperidine rings is 1. The lowest BCUT2D eigenvalue weighted by Gasteiger charge is -2.56. The maximum absolute atomic E-state index is 12.9. The van der Waals surface area contributed by atoms with Crippen molar-refractivity contribution >= 4 is 5.91 Å². The normalized spacial score (nSPS) is 33.2. The number of likely N-dealkylation sites (tertiary alicyclic amines) is 1. The molecule has 0 radical (unpaired) electrons. The Balaban J connectivity index is 1.36. The molecule has 1 N–H and O–H groups in total. The Bertz CT molecular complexity index is 648. The van der Waals surface area contributed by atoms with Crippen LogP contribution >= 0.6 is 0 Å². The number of aliphatic hydroxyl groups excluding tert-OH is 1. The first kappa shape index (κ1) is 17.0. The molecule has 1 spiro atoms. The molecule has 4 rings (SSSR count). The molecule has 2 saturated carbocycles. The summed E-state index contributed by atoms with van der Waals surface area (Å²) in [4.78, 5) is 14.9. The molecule has 3 aliphatic rings. The summed E-state index contributed by atoms with van der Waals surface area (Å²) < 4.78 is 5.82. The summed E-state index contributed by atoms with van der Waals surface area (Å²) in [6.07, 6.45) is 3.38. The van der Waals surface area contributed by atoms with Gasteiger partial charge < -0.3 is 14.7 Å². The second-order valence-corrected chi connectivity index (χ2v) is 8.06. The monoisotopic (exact) mass is 343 g/mol. The number of benzene rings is 1. The van der Waals surface area contributed by atoms with Gasteiger partial charge in [0, 0.05) is 37.5 Å². The van der Waals surface area contributed by atoms with Crippen LogP contribution in [0.25, 0.3) is 0 Å². The topological polar surface area (TPSA) is 49.8 Å². The predicted molar refractivity (Wildman–Crippen MR) is 96.3 cm³/mol. The largest absolute Gasteiger partial charge is 0.392 e. The van der Waals surface area contributed by atoms with E-state index >= 15 is 0 Å². The summed E-state index contributed by atoms with van der Waals surface area (Å²) in [5, 5.41) is 10.3. The molecule has 4 heteroatoms. The minimum Gasteiger partial charge on any atom is -0.392 e. The van der Waals surface area contributed by atoms with Gasteiger partial charge in [-0.15, -0.1) is 0 Å². The lowest BCUT2D eigenvalue weighted by Crippen LogP contribution is -2.62. The zero-order chi connectivity index (χ0) is 17.6. The first-order valence-electron chi connectivity index (χ1n) is 9.71. The van der Waals surface area contributed by atoms with Crippen LogP contribution in [0, 0.1) is 18.3 Å². The number of rotatable bonds is 4. The molecular formula is C21H29NO3. The number of hydrogen-bond acceptors (Lipinski definition) is 3. The molecule has 0 bridgehead atoms. The van der Waals surface area contributed by atoms with E-state index in [4.69, 9.17) is 4.74 Å². The first-order chi connectivity index (χ1) is 12.1. The van der Waals surface area contributed by atoms with E-state index in [9.17, 15) is 9.90 Å². The van der Waals surface area contributed by atoms with Gasteiger partial charge in [-0.1, -0.05) is 24.3 Å². The third-order valence-corrected chi connectivity index (χ3v) is 6.81. The Hall–Kier alpha value is -1.39. The Labute approximate surface area is 150 Å².